The highest BCUT2D eigenvalue weighted by molar-refractivity contribution is 14.0. The van der Waals surface area contributed by atoms with E-state index in [1.807, 2.05) is 37.3 Å². The van der Waals surface area contributed by atoms with Gasteiger partial charge < -0.3 is 15.4 Å². The van der Waals surface area contributed by atoms with Crippen LogP contribution in [0.2, 0.25) is 0 Å². The van der Waals surface area contributed by atoms with E-state index in [2.05, 4.69) is 48.5 Å². The number of benzene rings is 1. The monoisotopic (exact) mass is 480 g/mol. The third kappa shape index (κ3) is 5.82. The van der Waals surface area contributed by atoms with Crippen LogP contribution in [-0.2, 0) is 6.54 Å². The third-order valence-electron chi connectivity index (χ3n) is 4.38. The normalized spacial score (nSPS) is 17.9. The van der Waals surface area contributed by atoms with Gasteiger partial charge in [-0.1, -0.05) is 24.3 Å². The van der Waals surface area contributed by atoms with Gasteiger partial charge in [-0.05, 0) is 45.9 Å². The van der Waals surface area contributed by atoms with Crippen LogP contribution in [0.1, 0.15) is 50.2 Å². The molecule has 1 aliphatic heterocycles. The summed E-state index contributed by atoms with van der Waals surface area (Å²) in [5.41, 5.74) is 2.93. The maximum atomic E-state index is 6.12. The number of aromatic nitrogens is 1. The molecule has 1 unspecified atom stereocenters. The van der Waals surface area contributed by atoms with E-state index in [0.29, 0.717) is 6.54 Å². The molecule has 1 aliphatic rings. The highest BCUT2D eigenvalue weighted by Gasteiger charge is 2.33. The van der Waals surface area contributed by atoms with E-state index < -0.39 is 0 Å². The molecule has 0 radical (unpaired) electrons. The van der Waals surface area contributed by atoms with Crippen molar-refractivity contribution in [3.8, 4) is 5.75 Å². The molecule has 3 rings (SSSR count). The van der Waals surface area contributed by atoms with Crippen molar-refractivity contribution in [3.05, 3.63) is 59.4 Å². The fourth-order valence-electron chi connectivity index (χ4n) is 3.26. The number of nitrogens with zero attached hydrogens (tertiary/aromatic N) is 2. The Morgan fingerprint density at radius 2 is 2.00 bits per heavy atom. The van der Waals surface area contributed by atoms with Gasteiger partial charge in [0, 0.05) is 24.2 Å². The first kappa shape index (κ1) is 21.5. The number of nitrogens with one attached hydrogen (secondary N) is 2. The Kier molecular flexibility index (Phi) is 7.47. The highest BCUT2D eigenvalue weighted by atomic mass is 127. The molecule has 6 heteroatoms. The molecular formula is C21H29IN4O. The number of hydrogen-bond donors (Lipinski definition) is 2. The Hall–Kier alpha value is -1.83. The number of para-hydroxylation sites is 1. The van der Waals surface area contributed by atoms with Crippen LogP contribution in [0.25, 0.3) is 0 Å². The molecular weight excluding hydrogens is 451 g/mol. The summed E-state index contributed by atoms with van der Waals surface area (Å²) in [6.07, 6.45) is 0.872. The minimum Gasteiger partial charge on any atom is -0.487 e. The molecule has 0 aliphatic carbocycles. The van der Waals surface area contributed by atoms with Gasteiger partial charge >= 0.3 is 0 Å². The zero-order valence-corrected chi connectivity index (χ0v) is 18.8. The van der Waals surface area contributed by atoms with Gasteiger partial charge in [-0.25, -0.2) is 4.99 Å². The molecule has 146 valence electrons. The molecule has 0 saturated heterocycles. The van der Waals surface area contributed by atoms with Crippen LogP contribution in [-0.4, -0.2) is 23.1 Å². The second kappa shape index (κ2) is 9.39. The fourth-order valence-corrected chi connectivity index (χ4v) is 3.26. The number of aryl methyl sites for hydroxylation is 1. The number of fused-ring (bicyclic) bond motifs is 1. The molecule has 2 N–H and O–H groups in total. The molecule has 0 spiro atoms. The van der Waals surface area contributed by atoms with Crippen LogP contribution in [0.3, 0.4) is 0 Å². The summed E-state index contributed by atoms with van der Waals surface area (Å²) in [4.78, 5) is 9.26. The van der Waals surface area contributed by atoms with Crippen LogP contribution >= 0.6 is 24.0 Å². The van der Waals surface area contributed by atoms with E-state index in [4.69, 9.17) is 9.73 Å². The minimum atomic E-state index is -0.221. The lowest BCUT2D eigenvalue weighted by Gasteiger charge is -2.38. The number of aliphatic imine (C=N–C) groups is 1. The number of halogens is 1. The third-order valence-corrected chi connectivity index (χ3v) is 4.38. The van der Waals surface area contributed by atoms with Crippen molar-refractivity contribution in [2.75, 3.05) is 6.54 Å². The van der Waals surface area contributed by atoms with Crippen LogP contribution in [0.4, 0.5) is 0 Å². The summed E-state index contributed by atoms with van der Waals surface area (Å²) < 4.78 is 6.12. The van der Waals surface area contributed by atoms with Gasteiger partial charge in [0.2, 0.25) is 0 Å². The predicted molar refractivity (Wildman–Crippen MR) is 121 cm³/mol. The summed E-state index contributed by atoms with van der Waals surface area (Å²) in [5.74, 6) is 1.74. The van der Waals surface area contributed by atoms with Gasteiger partial charge in [0.1, 0.15) is 11.4 Å². The summed E-state index contributed by atoms with van der Waals surface area (Å²) in [5, 5.41) is 6.93. The predicted octanol–water partition coefficient (Wildman–Crippen LogP) is 4.37. The smallest absolute Gasteiger partial charge is 0.192 e. The van der Waals surface area contributed by atoms with E-state index in [9.17, 15) is 0 Å². The Balaban J connectivity index is 0.00000261. The van der Waals surface area contributed by atoms with E-state index in [1.165, 1.54) is 5.56 Å². The standard InChI is InChI=1S/C21H28N4O.HI/c1-5-22-20(23-14-16-10-8-9-15(2)24-16)25-18-13-21(3,4)26-19-12-7-6-11-17(18)19;/h6-12,18H,5,13-14H2,1-4H3,(H2,22,23,25);1H. The molecule has 2 heterocycles. The number of rotatable bonds is 4. The Morgan fingerprint density at radius 1 is 1.22 bits per heavy atom. The first-order chi connectivity index (χ1) is 12.5. The maximum absolute atomic E-state index is 6.12. The zero-order chi connectivity index (χ0) is 18.6. The van der Waals surface area contributed by atoms with Crippen LogP contribution < -0.4 is 15.4 Å². The van der Waals surface area contributed by atoms with Gasteiger partial charge in [0.15, 0.2) is 5.96 Å². The average Bonchev–Trinajstić information content (AvgIpc) is 2.59. The zero-order valence-electron chi connectivity index (χ0n) is 16.5. The number of hydrogen-bond acceptors (Lipinski definition) is 3. The quantitative estimate of drug-likeness (QED) is 0.388. The number of pyridine rings is 1. The van der Waals surface area contributed by atoms with Gasteiger partial charge in [0.05, 0.1) is 18.3 Å². The average molecular weight is 480 g/mol. The molecule has 1 aromatic carbocycles. The lowest BCUT2D eigenvalue weighted by atomic mass is 9.90. The largest absolute Gasteiger partial charge is 0.487 e. The van der Waals surface area contributed by atoms with Crippen molar-refractivity contribution in [1.29, 1.82) is 0 Å². The molecule has 5 nitrogen and oxygen atoms in total. The van der Waals surface area contributed by atoms with Crippen molar-refractivity contribution in [2.45, 2.75) is 52.3 Å². The van der Waals surface area contributed by atoms with Crippen molar-refractivity contribution >= 4 is 29.9 Å². The lowest BCUT2D eigenvalue weighted by molar-refractivity contribution is 0.0694. The van der Waals surface area contributed by atoms with Gasteiger partial charge in [-0.15, -0.1) is 24.0 Å². The fraction of sp³-hybridized carbons (Fsp3) is 0.429. The SMILES string of the molecule is CCNC(=NCc1cccc(C)n1)NC1CC(C)(C)Oc2ccccc21.I. The van der Waals surface area contributed by atoms with E-state index >= 15 is 0 Å². The summed E-state index contributed by atoms with van der Waals surface area (Å²) >= 11 is 0. The second-order valence-electron chi connectivity index (χ2n) is 7.27. The van der Waals surface area contributed by atoms with E-state index in [1.54, 1.807) is 0 Å². The van der Waals surface area contributed by atoms with Gasteiger partial charge in [0.25, 0.3) is 0 Å². The summed E-state index contributed by atoms with van der Waals surface area (Å²) in [7, 11) is 0. The molecule has 0 bridgehead atoms. The van der Waals surface area contributed by atoms with Gasteiger partial charge in [-0.3, -0.25) is 4.98 Å². The molecule has 0 fully saturated rings. The topological polar surface area (TPSA) is 58.5 Å². The van der Waals surface area contributed by atoms with Gasteiger partial charge in [-0.2, -0.15) is 0 Å². The van der Waals surface area contributed by atoms with E-state index in [0.717, 1.165) is 36.1 Å². The van der Waals surface area contributed by atoms with Crippen molar-refractivity contribution in [3.63, 3.8) is 0 Å². The maximum Gasteiger partial charge on any atom is 0.192 e. The molecule has 1 atom stereocenters. The minimum absolute atomic E-state index is 0. The Morgan fingerprint density at radius 3 is 2.74 bits per heavy atom. The number of ether oxygens (including phenoxy) is 1. The molecule has 27 heavy (non-hydrogen) atoms. The van der Waals surface area contributed by atoms with Crippen LogP contribution in [0, 0.1) is 6.92 Å². The summed E-state index contributed by atoms with van der Waals surface area (Å²) in [6, 6.07) is 14.4. The van der Waals surface area contributed by atoms with Crippen molar-refractivity contribution in [1.82, 2.24) is 15.6 Å². The van der Waals surface area contributed by atoms with Crippen LogP contribution in [0.5, 0.6) is 5.75 Å². The Labute approximate surface area is 179 Å². The first-order valence-corrected chi connectivity index (χ1v) is 9.22. The van der Waals surface area contributed by atoms with Crippen molar-refractivity contribution < 1.29 is 4.74 Å². The van der Waals surface area contributed by atoms with E-state index in [-0.39, 0.29) is 35.6 Å². The Bertz CT molecular complexity index is 791. The highest BCUT2D eigenvalue weighted by Crippen LogP contribution is 2.39. The number of guanidine groups is 1. The first-order valence-electron chi connectivity index (χ1n) is 9.22. The second-order valence-corrected chi connectivity index (χ2v) is 7.27. The summed E-state index contributed by atoms with van der Waals surface area (Å²) in [6.45, 7) is 9.67. The lowest BCUT2D eigenvalue weighted by Crippen LogP contribution is -2.45. The van der Waals surface area contributed by atoms with Crippen molar-refractivity contribution in [2.24, 2.45) is 4.99 Å². The molecule has 0 amide bonds. The molecule has 1 aromatic heterocycles. The molecule has 0 saturated carbocycles. The molecule has 2 aromatic rings. The van der Waals surface area contributed by atoms with Crippen LogP contribution in [0.15, 0.2) is 47.5 Å².